The van der Waals surface area contributed by atoms with Gasteiger partial charge in [0.1, 0.15) is 5.84 Å². The molecule has 0 fully saturated rings. The first-order valence-corrected chi connectivity index (χ1v) is 3.75. The Kier molecular flexibility index (Phi) is 1.36. The van der Waals surface area contributed by atoms with Crippen molar-refractivity contribution in [2.45, 2.75) is 6.42 Å². The van der Waals surface area contributed by atoms with E-state index < -0.39 is 0 Å². The first-order chi connectivity index (χ1) is 5.27. The summed E-state index contributed by atoms with van der Waals surface area (Å²) in [6.45, 7) is 0. The molecule has 3 heteroatoms. The van der Waals surface area contributed by atoms with E-state index >= 15 is 0 Å². The van der Waals surface area contributed by atoms with Crippen LogP contribution in [0.3, 0.4) is 0 Å². The molecule has 11 heavy (non-hydrogen) atoms. The fourth-order valence-electron chi connectivity index (χ4n) is 1.20. The van der Waals surface area contributed by atoms with Crippen LogP contribution in [0.1, 0.15) is 5.56 Å². The van der Waals surface area contributed by atoms with Gasteiger partial charge in [-0.2, -0.15) is 0 Å². The van der Waals surface area contributed by atoms with Gasteiger partial charge in [0.25, 0.3) is 0 Å². The van der Waals surface area contributed by atoms with Crippen molar-refractivity contribution in [3.63, 3.8) is 0 Å². The zero-order valence-electron chi connectivity index (χ0n) is 5.84. The fourth-order valence-corrected chi connectivity index (χ4v) is 1.44. The number of hydrogen-bond donors (Lipinski definition) is 1. The molecule has 0 unspecified atom stereocenters. The Morgan fingerprint density at radius 3 is 3.00 bits per heavy atom. The van der Waals surface area contributed by atoms with Crippen LogP contribution in [0, 0.1) is 0 Å². The highest BCUT2D eigenvalue weighted by atomic mass is 35.5. The Morgan fingerprint density at radius 1 is 1.45 bits per heavy atom. The van der Waals surface area contributed by atoms with Crippen LogP contribution in [-0.2, 0) is 6.42 Å². The van der Waals surface area contributed by atoms with E-state index in [1.165, 1.54) is 0 Å². The number of rotatable bonds is 0. The standard InChI is InChI=1S/C8H7ClN2/c9-6-2-1-3-7-5(6)4-8(10)11-7/h1-3H,4H2,(H2,10,11). The monoisotopic (exact) mass is 166 g/mol. The molecule has 0 spiro atoms. The molecule has 1 heterocycles. The van der Waals surface area contributed by atoms with Gasteiger partial charge in [0, 0.05) is 17.0 Å². The van der Waals surface area contributed by atoms with Gasteiger partial charge in [0.05, 0.1) is 5.69 Å². The van der Waals surface area contributed by atoms with Gasteiger partial charge in [-0.15, -0.1) is 0 Å². The third-order valence-electron chi connectivity index (χ3n) is 1.72. The lowest BCUT2D eigenvalue weighted by molar-refractivity contribution is 1.37. The van der Waals surface area contributed by atoms with Gasteiger partial charge in [-0.05, 0) is 12.1 Å². The van der Waals surface area contributed by atoms with E-state index in [2.05, 4.69) is 4.99 Å². The lowest BCUT2D eigenvalue weighted by Crippen LogP contribution is -2.09. The number of amidine groups is 1. The molecule has 0 aromatic heterocycles. The van der Waals surface area contributed by atoms with Gasteiger partial charge < -0.3 is 5.73 Å². The van der Waals surface area contributed by atoms with E-state index in [1.54, 1.807) is 0 Å². The first kappa shape index (κ1) is 6.68. The maximum Gasteiger partial charge on any atom is 0.104 e. The van der Waals surface area contributed by atoms with Crippen molar-refractivity contribution < 1.29 is 0 Å². The van der Waals surface area contributed by atoms with E-state index in [-0.39, 0.29) is 0 Å². The minimum atomic E-state index is 0.646. The van der Waals surface area contributed by atoms with Gasteiger partial charge in [-0.25, -0.2) is 4.99 Å². The molecular formula is C8H7ClN2. The van der Waals surface area contributed by atoms with Gasteiger partial charge in [0.2, 0.25) is 0 Å². The number of hydrogen-bond acceptors (Lipinski definition) is 2. The van der Waals surface area contributed by atoms with Crippen LogP contribution < -0.4 is 5.73 Å². The molecule has 2 nitrogen and oxygen atoms in total. The molecule has 0 saturated carbocycles. The summed E-state index contributed by atoms with van der Waals surface area (Å²) in [5.41, 5.74) is 7.51. The van der Waals surface area contributed by atoms with Crippen molar-refractivity contribution in [2.75, 3.05) is 0 Å². The summed E-state index contributed by atoms with van der Waals surface area (Å²) in [7, 11) is 0. The Balaban J connectivity index is 2.59. The van der Waals surface area contributed by atoms with E-state index in [4.69, 9.17) is 17.3 Å². The SMILES string of the molecule is NC1=Nc2cccc(Cl)c2C1. The summed E-state index contributed by atoms with van der Waals surface area (Å²) in [6.07, 6.45) is 0.689. The molecule has 1 aliphatic rings. The van der Waals surface area contributed by atoms with Crippen LogP contribution >= 0.6 is 11.6 Å². The van der Waals surface area contributed by atoms with E-state index in [0.29, 0.717) is 12.3 Å². The number of benzene rings is 1. The van der Waals surface area contributed by atoms with Gasteiger partial charge in [-0.1, -0.05) is 17.7 Å². The largest absolute Gasteiger partial charge is 0.387 e. The first-order valence-electron chi connectivity index (χ1n) is 3.38. The van der Waals surface area contributed by atoms with Gasteiger partial charge >= 0.3 is 0 Å². The average molecular weight is 167 g/mol. The van der Waals surface area contributed by atoms with Crippen LogP contribution in [0.4, 0.5) is 5.69 Å². The zero-order chi connectivity index (χ0) is 7.84. The molecule has 0 radical (unpaired) electrons. The summed E-state index contributed by atoms with van der Waals surface area (Å²) in [5, 5.41) is 0.756. The van der Waals surface area contributed by atoms with Crippen molar-refractivity contribution >= 4 is 23.1 Å². The molecule has 1 aliphatic heterocycles. The van der Waals surface area contributed by atoms with Crippen LogP contribution in [-0.4, -0.2) is 5.84 Å². The molecule has 2 N–H and O–H groups in total. The molecule has 0 bridgehead atoms. The Labute approximate surface area is 69.7 Å². The normalized spacial score (nSPS) is 14.5. The summed E-state index contributed by atoms with van der Waals surface area (Å²) < 4.78 is 0. The topological polar surface area (TPSA) is 38.4 Å². The summed E-state index contributed by atoms with van der Waals surface area (Å²) >= 11 is 5.91. The lowest BCUT2D eigenvalue weighted by Gasteiger charge is -1.97. The van der Waals surface area contributed by atoms with Crippen LogP contribution in [0.25, 0.3) is 0 Å². The van der Waals surface area contributed by atoms with Crippen molar-refractivity contribution in [3.05, 3.63) is 28.8 Å². The molecule has 0 amide bonds. The van der Waals surface area contributed by atoms with Crippen molar-refractivity contribution in [2.24, 2.45) is 10.7 Å². The highest BCUT2D eigenvalue weighted by Crippen LogP contribution is 2.30. The fraction of sp³-hybridized carbons (Fsp3) is 0.125. The Bertz CT molecular complexity index is 331. The van der Waals surface area contributed by atoms with Gasteiger partial charge in [-0.3, -0.25) is 0 Å². The molecular weight excluding hydrogens is 160 g/mol. The predicted octanol–water partition coefficient (Wildman–Crippen LogP) is 1.88. The van der Waals surface area contributed by atoms with E-state index in [0.717, 1.165) is 16.3 Å². The van der Waals surface area contributed by atoms with Gasteiger partial charge in [0.15, 0.2) is 0 Å². The van der Waals surface area contributed by atoms with Crippen molar-refractivity contribution in [3.8, 4) is 0 Å². The van der Waals surface area contributed by atoms with E-state index in [9.17, 15) is 0 Å². The summed E-state index contributed by atoms with van der Waals surface area (Å²) in [6, 6.07) is 5.65. The molecule has 1 aromatic rings. The van der Waals surface area contributed by atoms with E-state index in [1.807, 2.05) is 18.2 Å². The minimum Gasteiger partial charge on any atom is -0.387 e. The highest BCUT2D eigenvalue weighted by Gasteiger charge is 2.13. The second-order valence-electron chi connectivity index (χ2n) is 2.52. The quantitative estimate of drug-likeness (QED) is 0.628. The second kappa shape index (κ2) is 2.24. The average Bonchev–Trinajstić information content (AvgIpc) is 2.31. The molecule has 56 valence electrons. The maximum atomic E-state index is 5.91. The third kappa shape index (κ3) is 0.994. The van der Waals surface area contributed by atoms with Crippen molar-refractivity contribution in [1.82, 2.24) is 0 Å². The molecule has 0 saturated heterocycles. The zero-order valence-corrected chi connectivity index (χ0v) is 6.60. The predicted molar refractivity (Wildman–Crippen MR) is 46.4 cm³/mol. The van der Waals surface area contributed by atoms with Crippen molar-refractivity contribution in [1.29, 1.82) is 0 Å². The van der Waals surface area contributed by atoms with Crippen LogP contribution in [0.2, 0.25) is 5.02 Å². The molecule has 0 atom stereocenters. The number of fused-ring (bicyclic) bond motifs is 1. The van der Waals surface area contributed by atoms with Crippen LogP contribution in [0.5, 0.6) is 0 Å². The lowest BCUT2D eigenvalue weighted by atomic mass is 10.1. The Hall–Kier alpha value is -1.02. The highest BCUT2D eigenvalue weighted by molar-refractivity contribution is 6.32. The second-order valence-corrected chi connectivity index (χ2v) is 2.92. The molecule has 0 aliphatic carbocycles. The third-order valence-corrected chi connectivity index (χ3v) is 2.07. The smallest absolute Gasteiger partial charge is 0.104 e. The maximum absolute atomic E-state index is 5.91. The molecule has 1 aromatic carbocycles. The number of aliphatic imine (C=N–C) groups is 1. The number of nitrogens with zero attached hydrogens (tertiary/aromatic N) is 1. The molecule has 2 rings (SSSR count). The number of halogens is 1. The minimum absolute atomic E-state index is 0.646. The summed E-state index contributed by atoms with van der Waals surface area (Å²) in [5.74, 6) is 0.646. The number of nitrogens with two attached hydrogens (primary N) is 1. The summed E-state index contributed by atoms with van der Waals surface area (Å²) in [4.78, 5) is 4.12. The Morgan fingerprint density at radius 2 is 2.27 bits per heavy atom. The van der Waals surface area contributed by atoms with Crippen LogP contribution in [0.15, 0.2) is 23.2 Å².